The average molecular weight is 387 g/mol. The third-order valence-electron chi connectivity index (χ3n) is 3.70. The molecule has 1 fully saturated rings. The van der Waals surface area contributed by atoms with Crippen molar-refractivity contribution >= 4 is 15.9 Å². The van der Waals surface area contributed by atoms with Crippen molar-refractivity contribution < 1.29 is 14.2 Å². The van der Waals surface area contributed by atoms with Crippen LogP contribution in [0.4, 0.5) is 0 Å². The van der Waals surface area contributed by atoms with E-state index in [9.17, 15) is 0 Å². The fraction of sp³-hybridized carbons (Fsp3) is 0.647. The van der Waals surface area contributed by atoms with Crippen LogP contribution in [-0.4, -0.2) is 57.5 Å². The summed E-state index contributed by atoms with van der Waals surface area (Å²) in [5.74, 6) is 1.58. The van der Waals surface area contributed by atoms with E-state index in [1.807, 2.05) is 13.8 Å². The number of ether oxygens (including phenoxy) is 3. The number of hydrogen-bond donors (Lipinski definition) is 1. The van der Waals surface area contributed by atoms with Crippen LogP contribution in [-0.2, 0) is 11.3 Å². The Morgan fingerprint density at radius 1 is 1.17 bits per heavy atom. The predicted octanol–water partition coefficient (Wildman–Crippen LogP) is 2.67. The molecule has 0 unspecified atom stereocenters. The molecule has 23 heavy (non-hydrogen) atoms. The van der Waals surface area contributed by atoms with Crippen LogP contribution in [0.1, 0.15) is 19.4 Å². The number of nitrogens with zero attached hydrogens (tertiary/aromatic N) is 1. The molecule has 0 amide bonds. The summed E-state index contributed by atoms with van der Waals surface area (Å²) in [6.07, 6.45) is 0. The molecule has 1 N–H and O–H groups in total. The largest absolute Gasteiger partial charge is 0.490 e. The molecule has 0 bridgehead atoms. The highest BCUT2D eigenvalue weighted by Crippen LogP contribution is 2.36. The van der Waals surface area contributed by atoms with Gasteiger partial charge in [0.1, 0.15) is 0 Å². The number of hydrogen-bond acceptors (Lipinski definition) is 5. The molecule has 1 aliphatic heterocycles. The molecule has 2 rings (SSSR count). The Labute approximate surface area is 147 Å². The maximum Gasteiger partial charge on any atom is 0.175 e. The van der Waals surface area contributed by atoms with Gasteiger partial charge in [0.25, 0.3) is 0 Å². The Morgan fingerprint density at radius 3 is 2.61 bits per heavy atom. The lowest BCUT2D eigenvalue weighted by molar-refractivity contribution is 0.0384. The van der Waals surface area contributed by atoms with E-state index in [0.717, 1.165) is 61.9 Å². The SMILES string of the molecule is CCOc1cc(CNCCN2CCOCC2)cc(Br)c1OCC. The molecule has 0 spiro atoms. The quantitative estimate of drug-likeness (QED) is 0.660. The van der Waals surface area contributed by atoms with Gasteiger partial charge in [-0.25, -0.2) is 0 Å². The summed E-state index contributed by atoms with van der Waals surface area (Å²) in [6.45, 7) is 11.8. The number of morpholine rings is 1. The molecule has 6 heteroatoms. The highest BCUT2D eigenvalue weighted by molar-refractivity contribution is 9.10. The van der Waals surface area contributed by atoms with Crippen LogP contribution >= 0.6 is 15.9 Å². The first-order valence-corrected chi connectivity index (χ1v) is 9.12. The topological polar surface area (TPSA) is 43.0 Å². The van der Waals surface area contributed by atoms with Crippen molar-refractivity contribution in [2.45, 2.75) is 20.4 Å². The van der Waals surface area contributed by atoms with Crippen molar-refractivity contribution in [3.05, 3.63) is 22.2 Å². The van der Waals surface area contributed by atoms with Crippen molar-refractivity contribution in [1.82, 2.24) is 10.2 Å². The smallest absolute Gasteiger partial charge is 0.175 e. The number of benzene rings is 1. The van der Waals surface area contributed by atoms with Gasteiger partial charge in [-0.2, -0.15) is 0 Å². The minimum absolute atomic E-state index is 0.621. The molecule has 1 aliphatic rings. The molecule has 130 valence electrons. The Bertz CT molecular complexity index is 479. The zero-order chi connectivity index (χ0) is 16.5. The molecule has 1 aromatic carbocycles. The van der Waals surface area contributed by atoms with Crippen molar-refractivity contribution in [2.75, 3.05) is 52.6 Å². The summed E-state index contributed by atoms with van der Waals surface area (Å²) >= 11 is 3.59. The normalized spacial score (nSPS) is 15.6. The van der Waals surface area contributed by atoms with Gasteiger partial charge in [-0.15, -0.1) is 0 Å². The van der Waals surface area contributed by atoms with Crippen LogP contribution in [0.25, 0.3) is 0 Å². The van der Waals surface area contributed by atoms with Crippen LogP contribution in [0.15, 0.2) is 16.6 Å². The summed E-state index contributed by atoms with van der Waals surface area (Å²) in [4.78, 5) is 2.43. The van der Waals surface area contributed by atoms with Gasteiger partial charge in [-0.1, -0.05) is 0 Å². The molecule has 1 heterocycles. The van der Waals surface area contributed by atoms with Gasteiger partial charge in [0, 0.05) is 32.7 Å². The van der Waals surface area contributed by atoms with Gasteiger partial charge in [0.05, 0.1) is 30.9 Å². The average Bonchev–Trinajstić information content (AvgIpc) is 2.56. The Hall–Kier alpha value is -0.820. The molecule has 0 aliphatic carbocycles. The van der Waals surface area contributed by atoms with Crippen LogP contribution in [0.5, 0.6) is 11.5 Å². The summed E-state index contributed by atoms with van der Waals surface area (Å²) in [5.41, 5.74) is 1.19. The van der Waals surface area contributed by atoms with Crippen molar-refractivity contribution in [1.29, 1.82) is 0 Å². The lowest BCUT2D eigenvalue weighted by Gasteiger charge is -2.26. The van der Waals surface area contributed by atoms with Crippen LogP contribution in [0.2, 0.25) is 0 Å². The molecule has 1 aromatic rings. The van der Waals surface area contributed by atoms with Gasteiger partial charge in [0.2, 0.25) is 0 Å². The summed E-state index contributed by atoms with van der Waals surface area (Å²) in [7, 11) is 0. The van der Waals surface area contributed by atoms with Crippen LogP contribution < -0.4 is 14.8 Å². The van der Waals surface area contributed by atoms with Crippen LogP contribution in [0, 0.1) is 0 Å². The van der Waals surface area contributed by atoms with Crippen molar-refractivity contribution in [3.63, 3.8) is 0 Å². The summed E-state index contributed by atoms with van der Waals surface area (Å²) in [6, 6.07) is 4.15. The fourth-order valence-corrected chi connectivity index (χ4v) is 3.17. The standard InChI is InChI=1S/C17H27BrN2O3/c1-3-22-16-12-14(11-15(18)17(16)23-4-2)13-19-5-6-20-7-9-21-10-8-20/h11-12,19H,3-10,13H2,1-2H3. The maximum atomic E-state index is 5.71. The van der Waals surface area contributed by atoms with Gasteiger partial charge in [-0.05, 0) is 47.5 Å². The Kier molecular flexibility index (Phi) is 8.16. The highest BCUT2D eigenvalue weighted by Gasteiger charge is 2.12. The van der Waals surface area contributed by atoms with E-state index in [-0.39, 0.29) is 0 Å². The third kappa shape index (κ3) is 5.95. The minimum Gasteiger partial charge on any atom is -0.490 e. The van der Waals surface area contributed by atoms with Gasteiger partial charge in [-0.3, -0.25) is 4.90 Å². The van der Waals surface area contributed by atoms with Gasteiger partial charge in [0.15, 0.2) is 11.5 Å². The number of rotatable bonds is 9. The number of halogens is 1. The zero-order valence-corrected chi connectivity index (χ0v) is 15.7. The van der Waals surface area contributed by atoms with Gasteiger partial charge < -0.3 is 19.5 Å². The molecular weight excluding hydrogens is 360 g/mol. The van der Waals surface area contributed by atoms with E-state index < -0.39 is 0 Å². The third-order valence-corrected chi connectivity index (χ3v) is 4.28. The van der Waals surface area contributed by atoms with E-state index in [2.05, 4.69) is 38.3 Å². The second-order valence-electron chi connectivity index (χ2n) is 5.40. The molecular formula is C17H27BrN2O3. The molecule has 0 aromatic heterocycles. The van der Waals surface area contributed by atoms with E-state index in [1.165, 1.54) is 5.56 Å². The van der Waals surface area contributed by atoms with E-state index in [4.69, 9.17) is 14.2 Å². The van der Waals surface area contributed by atoms with E-state index in [1.54, 1.807) is 0 Å². The molecule has 0 radical (unpaired) electrons. The highest BCUT2D eigenvalue weighted by atomic mass is 79.9. The van der Waals surface area contributed by atoms with Crippen molar-refractivity contribution in [3.8, 4) is 11.5 Å². The first kappa shape index (κ1) is 18.5. The predicted molar refractivity (Wildman–Crippen MR) is 95.4 cm³/mol. The maximum absolute atomic E-state index is 5.71. The monoisotopic (exact) mass is 386 g/mol. The molecule has 1 saturated heterocycles. The molecule has 5 nitrogen and oxygen atoms in total. The first-order valence-electron chi connectivity index (χ1n) is 8.33. The van der Waals surface area contributed by atoms with E-state index >= 15 is 0 Å². The zero-order valence-electron chi connectivity index (χ0n) is 14.1. The lowest BCUT2D eigenvalue weighted by Crippen LogP contribution is -2.40. The number of nitrogens with one attached hydrogen (secondary N) is 1. The van der Waals surface area contributed by atoms with E-state index in [0.29, 0.717) is 13.2 Å². The second-order valence-corrected chi connectivity index (χ2v) is 6.26. The summed E-state index contributed by atoms with van der Waals surface area (Å²) < 4.78 is 17.7. The summed E-state index contributed by atoms with van der Waals surface area (Å²) in [5, 5.41) is 3.50. The lowest BCUT2D eigenvalue weighted by atomic mass is 10.2. The fourth-order valence-electron chi connectivity index (χ4n) is 2.57. The van der Waals surface area contributed by atoms with Gasteiger partial charge >= 0.3 is 0 Å². The van der Waals surface area contributed by atoms with Crippen LogP contribution in [0.3, 0.4) is 0 Å². The molecule has 0 saturated carbocycles. The Balaban J connectivity index is 1.86. The minimum atomic E-state index is 0.621. The molecule has 0 atom stereocenters. The first-order chi connectivity index (χ1) is 11.2. The Morgan fingerprint density at radius 2 is 1.91 bits per heavy atom. The second kappa shape index (κ2) is 10.1. The van der Waals surface area contributed by atoms with Crippen molar-refractivity contribution in [2.24, 2.45) is 0 Å².